The zero-order chi connectivity index (χ0) is 12.3. The fourth-order valence-electron chi connectivity index (χ4n) is 1.78. The number of phenolic OH excluding ortho intramolecular Hbond substituents is 1. The third-order valence-electron chi connectivity index (χ3n) is 2.36. The Morgan fingerprint density at radius 3 is 2.56 bits per heavy atom. The van der Waals surface area contributed by atoms with Gasteiger partial charge in [0.25, 0.3) is 0 Å². The lowest BCUT2D eigenvalue weighted by atomic mass is 9.95. The summed E-state index contributed by atoms with van der Waals surface area (Å²) in [4.78, 5) is 11.6. The fraction of sp³-hybridized carbons (Fsp3) is 0.462. The molecule has 0 saturated heterocycles. The van der Waals surface area contributed by atoms with Crippen molar-refractivity contribution in [2.75, 3.05) is 7.11 Å². The van der Waals surface area contributed by atoms with E-state index in [1.54, 1.807) is 6.07 Å². The number of ether oxygens (including phenoxy) is 1. The Balaban J connectivity index is 3.26. The molecule has 0 atom stereocenters. The highest BCUT2D eigenvalue weighted by Crippen LogP contribution is 2.26. The molecule has 1 aromatic carbocycles. The first-order valence-electron chi connectivity index (χ1n) is 5.36. The summed E-state index contributed by atoms with van der Waals surface area (Å²) in [5.41, 5.74) is 2.09. The number of aromatic hydroxyl groups is 1. The van der Waals surface area contributed by atoms with Crippen molar-refractivity contribution in [3.05, 3.63) is 28.8 Å². The van der Waals surface area contributed by atoms with Crippen LogP contribution in [0.2, 0.25) is 0 Å². The highest BCUT2D eigenvalue weighted by molar-refractivity contribution is 5.94. The Kier molecular flexibility index (Phi) is 3.93. The van der Waals surface area contributed by atoms with E-state index in [2.05, 4.69) is 18.6 Å². The van der Waals surface area contributed by atoms with Gasteiger partial charge in [-0.15, -0.1) is 0 Å². The molecule has 0 heterocycles. The predicted molar refractivity (Wildman–Crippen MR) is 62.7 cm³/mol. The van der Waals surface area contributed by atoms with E-state index in [0.29, 0.717) is 11.5 Å². The van der Waals surface area contributed by atoms with Crippen molar-refractivity contribution in [3.63, 3.8) is 0 Å². The Morgan fingerprint density at radius 1 is 1.44 bits per heavy atom. The number of phenols is 1. The van der Waals surface area contributed by atoms with Gasteiger partial charge in [-0.05, 0) is 36.5 Å². The Bertz CT molecular complexity index is 394. The van der Waals surface area contributed by atoms with E-state index in [1.165, 1.54) is 7.11 Å². The number of hydrogen-bond donors (Lipinski definition) is 1. The molecule has 0 aliphatic heterocycles. The fourth-order valence-corrected chi connectivity index (χ4v) is 1.78. The smallest absolute Gasteiger partial charge is 0.341 e. The molecule has 16 heavy (non-hydrogen) atoms. The number of esters is 1. The molecule has 0 fully saturated rings. The van der Waals surface area contributed by atoms with Crippen LogP contribution >= 0.6 is 0 Å². The SMILES string of the molecule is COC(=O)c1c(O)cc(C)cc1CC(C)C. The van der Waals surface area contributed by atoms with Crippen LogP contribution in [0.15, 0.2) is 12.1 Å². The normalized spacial score (nSPS) is 10.6. The molecule has 3 nitrogen and oxygen atoms in total. The predicted octanol–water partition coefficient (Wildman–Crippen LogP) is 2.69. The van der Waals surface area contributed by atoms with Gasteiger partial charge in [-0.2, -0.15) is 0 Å². The Labute approximate surface area is 96.1 Å². The molecule has 3 heteroatoms. The molecule has 0 amide bonds. The molecule has 0 saturated carbocycles. The molecule has 0 bridgehead atoms. The van der Waals surface area contributed by atoms with Gasteiger partial charge in [0.2, 0.25) is 0 Å². The largest absolute Gasteiger partial charge is 0.507 e. The average molecular weight is 222 g/mol. The number of methoxy groups -OCH3 is 1. The lowest BCUT2D eigenvalue weighted by Crippen LogP contribution is -2.08. The number of carbonyl (C=O) groups is 1. The minimum Gasteiger partial charge on any atom is -0.507 e. The molecule has 1 rings (SSSR count). The van der Waals surface area contributed by atoms with Gasteiger partial charge in [-0.25, -0.2) is 4.79 Å². The average Bonchev–Trinajstić information content (AvgIpc) is 2.14. The van der Waals surface area contributed by atoms with Crippen molar-refractivity contribution in [2.45, 2.75) is 27.2 Å². The van der Waals surface area contributed by atoms with Crippen LogP contribution < -0.4 is 0 Å². The molecule has 1 aromatic rings. The molecular weight excluding hydrogens is 204 g/mol. The van der Waals surface area contributed by atoms with Gasteiger partial charge in [-0.1, -0.05) is 19.9 Å². The van der Waals surface area contributed by atoms with Gasteiger partial charge in [0, 0.05) is 0 Å². The molecule has 0 aliphatic rings. The molecule has 88 valence electrons. The van der Waals surface area contributed by atoms with E-state index < -0.39 is 5.97 Å². The molecular formula is C13H18O3. The maximum atomic E-state index is 11.6. The van der Waals surface area contributed by atoms with E-state index in [0.717, 1.165) is 17.5 Å². The summed E-state index contributed by atoms with van der Waals surface area (Å²) in [7, 11) is 1.32. The molecule has 0 aromatic heterocycles. The van der Waals surface area contributed by atoms with Gasteiger partial charge in [-0.3, -0.25) is 0 Å². The molecule has 0 radical (unpaired) electrons. The van der Waals surface area contributed by atoms with Crippen molar-refractivity contribution in [3.8, 4) is 5.75 Å². The second-order valence-electron chi connectivity index (χ2n) is 4.41. The minimum absolute atomic E-state index is 0.00231. The lowest BCUT2D eigenvalue weighted by Gasteiger charge is -2.12. The van der Waals surface area contributed by atoms with E-state index >= 15 is 0 Å². The summed E-state index contributed by atoms with van der Waals surface area (Å²) in [6.07, 6.45) is 0.750. The van der Waals surface area contributed by atoms with Crippen molar-refractivity contribution in [2.24, 2.45) is 5.92 Å². The summed E-state index contributed by atoms with van der Waals surface area (Å²) in [6.45, 7) is 6.03. The highest BCUT2D eigenvalue weighted by atomic mass is 16.5. The topological polar surface area (TPSA) is 46.5 Å². The maximum Gasteiger partial charge on any atom is 0.341 e. The monoisotopic (exact) mass is 222 g/mol. The molecule has 0 unspecified atom stereocenters. The van der Waals surface area contributed by atoms with Gasteiger partial charge >= 0.3 is 5.97 Å². The molecule has 1 N–H and O–H groups in total. The third-order valence-corrected chi connectivity index (χ3v) is 2.36. The summed E-state index contributed by atoms with van der Waals surface area (Å²) in [5.74, 6) is -0.0553. The van der Waals surface area contributed by atoms with Crippen LogP contribution in [0.5, 0.6) is 5.75 Å². The number of rotatable bonds is 3. The van der Waals surface area contributed by atoms with Crippen LogP contribution in [-0.2, 0) is 11.2 Å². The van der Waals surface area contributed by atoms with E-state index in [1.807, 2.05) is 13.0 Å². The number of carbonyl (C=O) groups excluding carboxylic acids is 1. The van der Waals surface area contributed by atoms with Crippen LogP contribution in [0.4, 0.5) is 0 Å². The first kappa shape index (κ1) is 12.6. The number of hydrogen-bond acceptors (Lipinski definition) is 3. The number of aryl methyl sites for hydroxylation is 1. The first-order chi connectivity index (χ1) is 7.45. The van der Waals surface area contributed by atoms with Crippen molar-refractivity contribution in [1.29, 1.82) is 0 Å². The maximum absolute atomic E-state index is 11.6. The Hall–Kier alpha value is -1.51. The summed E-state index contributed by atoms with van der Waals surface area (Å²) < 4.78 is 4.68. The van der Waals surface area contributed by atoms with Crippen molar-refractivity contribution in [1.82, 2.24) is 0 Å². The van der Waals surface area contributed by atoms with Gasteiger partial charge < -0.3 is 9.84 Å². The Morgan fingerprint density at radius 2 is 2.06 bits per heavy atom. The summed E-state index contributed by atoms with van der Waals surface area (Å²) in [5, 5.41) is 9.79. The van der Waals surface area contributed by atoms with Crippen LogP contribution in [0.25, 0.3) is 0 Å². The summed E-state index contributed by atoms with van der Waals surface area (Å²) in [6, 6.07) is 3.50. The van der Waals surface area contributed by atoms with E-state index in [4.69, 9.17) is 0 Å². The van der Waals surface area contributed by atoms with Crippen LogP contribution in [-0.4, -0.2) is 18.2 Å². The molecule has 0 aliphatic carbocycles. The van der Waals surface area contributed by atoms with Crippen LogP contribution in [0.1, 0.15) is 35.3 Å². The van der Waals surface area contributed by atoms with Gasteiger partial charge in [0.1, 0.15) is 11.3 Å². The molecule has 0 spiro atoms. The lowest BCUT2D eigenvalue weighted by molar-refractivity contribution is 0.0596. The van der Waals surface area contributed by atoms with E-state index in [-0.39, 0.29) is 5.75 Å². The van der Waals surface area contributed by atoms with Crippen molar-refractivity contribution < 1.29 is 14.6 Å². The zero-order valence-electron chi connectivity index (χ0n) is 10.2. The highest BCUT2D eigenvalue weighted by Gasteiger charge is 2.18. The second kappa shape index (κ2) is 5.01. The van der Waals surface area contributed by atoms with Crippen LogP contribution in [0, 0.1) is 12.8 Å². The first-order valence-corrected chi connectivity index (χ1v) is 5.36. The second-order valence-corrected chi connectivity index (χ2v) is 4.41. The van der Waals surface area contributed by atoms with Crippen molar-refractivity contribution >= 4 is 5.97 Å². The number of benzene rings is 1. The summed E-state index contributed by atoms with van der Waals surface area (Å²) >= 11 is 0. The van der Waals surface area contributed by atoms with E-state index in [9.17, 15) is 9.90 Å². The zero-order valence-corrected chi connectivity index (χ0v) is 10.2. The van der Waals surface area contributed by atoms with Gasteiger partial charge in [0.05, 0.1) is 7.11 Å². The van der Waals surface area contributed by atoms with Crippen LogP contribution in [0.3, 0.4) is 0 Å². The minimum atomic E-state index is -0.479. The van der Waals surface area contributed by atoms with Gasteiger partial charge in [0.15, 0.2) is 0 Å². The standard InChI is InChI=1S/C13H18O3/c1-8(2)5-10-6-9(3)7-11(14)12(10)13(15)16-4/h6-8,14H,5H2,1-4H3. The quantitative estimate of drug-likeness (QED) is 0.800. The third kappa shape index (κ3) is 2.75.